The number of carbonyl (C=O) groups excluding carboxylic acids is 1. The van der Waals surface area contributed by atoms with Crippen molar-refractivity contribution >= 4 is 5.91 Å². The van der Waals surface area contributed by atoms with Crippen LogP contribution in [0.4, 0.5) is 0 Å². The Kier molecular flexibility index (Phi) is 5.60. The van der Waals surface area contributed by atoms with E-state index in [1.165, 1.54) is 6.07 Å². The molecule has 2 aromatic carbocycles. The minimum atomic E-state index is -0.288. The lowest BCUT2D eigenvalue weighted by molar-refractivity contribution is 0.0939. The number of rotatable bonds is 6. The third-order valence-electron chi connectivity index (χ3n) is 3.73. The number of methoxy groups -OCH3 is 1. The topological polar surface area (TPSA) is 61.8 Å². The van der Waals surface area contributed by atoms with Crippen molar-refractivity contribution in [2.75, 3.05) is 27.7 Å². The van der Waals surface area contributed by atoms with Crippen molar-refractivity contribution in [1.29, 1.82) is 0 Å². The molecule has 0 aliphatic heterocycles. The van der Waals surface area contributed by atoms with Gasteiger partial charge in [0.05, 0.1) is 18.7 Å². The number of benzene rings is 2. The first-order chi connectivity index (χ1) is 11.0. The maximum atomic E-state index is 12.2. The minimum Gasteiger partial charge on any atom is -0.507 e. The van der Waals surface area contributed by atoms with E-state index in [1.54, 1.807) is 25.3 Å². The van der Waals surface area contributed by atoms with Crippen molar-refractivity contribution in [2.45, 2.75) is 6.04 Å². The van der Waals surface area contributed by atoms with Gasteiger partial charge < -0.3 is 20.1 Å². The van der Waals surface area contributed by atoms with Gasteiger partial charge in [-0.3, -0.25) is 4.79 Å². The van der Waals surface area contributed by atoms with Gasteiger partial charge in [0.2, 0.25) is 0 Å². The van der Waals surface area contributed by atoms with Crippen LogP contribution in [0.1, 0.15) is 22.0 Å². The lowest BCUT2D eigenvalue weighted by Gasteiger charge is -2.25. The van der Waals surface area contributed by atoms with E-state index in [-0.39, 0.29) is 23.3 Å². The molecule has 122 valence electrons. The van der Waals surface area contributed by atoms with Gasteiger partial charge in [-0.1, -0.05) is 24.3 Å². The number of phenols is 1. The maximum absolute atomic E-state index is 12.2. The smallest absolute Gasteiger partial charge is 0.255 e. The van der Waals surface area contributed by atoms with Crippen LogP contribution in [0.15, 0.2) is 48.5 Å². The molecule has 0 aliphatic rings. The van der Waals surface area contributed by atoms with Gasteiger partial charge in [-0.25, -0.2) is 0 Å². The van der Waals surface area contributed by atoms with Crippen LogP contribution >= 0.6 is 0 Å². The monoisotopic (exact) mass is 314 g/mol. The number of carbonyl (C=O) groups is 1. The fourth-order valence-corrected chi connectivity index (χ4v) is 2.37. The molecule has 0 saturated heterocycles. The molecule has 0 unspecified atom stereocenters. The second-order valence-corrected chi connectivity index (χ2v) is 5.48. The lowest BCUT2D eigenvalue weighted by atomic mass is 10.1. The Morgan fingerprint density at radius 2 is 1.83 bits per heavy atom. The van der Waals surface area contributed by atoms with Crippen LogP contribution in [-0.4, -0.2) is 43.7 Å². The average molecular weight is 314 g/mol. The molecule has 0 heterocycles. The van der Waals surface area contributed by atoms with E-state index in [0.717, 1.165) is 11.3 Å². The molecule has 5 heteroatoms. The summed E-state index contributed by atoms with van der Waals surface area (Å²) in [5.74, 6) is 0.490. The summed E-state index contributed by atoms with van der Waals surface area (Å²) in [5.41, 5.74) is 1.35. The molecule has 0 radical (unpaired) electrons. The Morgan fingerprint density at radius 3 is 2.39 bits per heavy atom. The van der Waals surface area contributed by atoms with Crippen LogP contribution in [0.2, 0.25) is 0 Å². The van der Waals surface area contributed by atoms with Crippen molar-refractivity contribution in [1.82, 2.24) is 10.2 Å². The average Bonchev–Trinajstić information content (AvgIpc) is 2.55. The second-order valence-electron chi connectivity index (χ2n) is 5.48. The normalized spacial score (nSPS) is 12.0. The molecule has 0 saturated carbocycles. The molecule has 1 atom stereocenters. The highest BCUT2D eigenvalue weighted by molar-refractivity contribution is 5.96. The lowest BCUT2D eigenvalue weighted by Crippen LogP contribution is -2.34. The molecule has 5 nitrogen and oxygen atoms in total. The highest BCUT2D eigenvalue weighted by Crippen LogP contribution is 2.21. The number of hydrogen-bond donors (Lipinski definition) is 2. The Hall–Kier alpha value is -2.53. The van der Waals surface area contributed by atoms with Crippen LogP contribution in [0.3, 0.4) is 0 Å². The molecular formula is C18H22N2O3. The molecule has 1 amide bonds. The largest absolute Gasteiger partial charge is 0.507 e. The fraction of sp³-hybridized carbons (Fsp3) is 0.278. The zero-order valence-corrected chi connectivity index (χ0v) is 13.6. The predicted molar refractivity (Wildman–Crippen MR) is 89.9 cm³/mol. The van der Waals surface area contributed by atoms with Crippen molar-refractivity contribution in [3.05, 3.63) is 59.7 Å². The summed E-state index contributed by atoms with van der Waals surface area (Å²) in [6.45, 7) is 0.437. The number of ether oxygens (including phenoxy) is 1. The molecule has 0 aromatic heterocycles. The van der Waals surface area contributed by atoms with E-state index in [4.69, 9.17) is 4.74 Å². The van der Waals surface area contributed by atoms with Gasteiger partial charge in [0.25, 0.3) is 5.91 Å². The summed E-state index contributed by atoms with van der Waals surface area (Å²) < 4.78 is 5.17. The number of aromatic hydroxyl groups is 1. The number of amides is 1. The number of nitrogens with one attached hydrogen (secondary N) is 1. The van der Waals surface area contributed by atoms with Gasteiger partial charge >= 0.3 is 0 Å². The standard InChI is InChI=1S/C18H22N2O3/c1-20(2)16(13-8-10-14(23-3)11-9-13)12-19-18(22)15-6-4-5-7-17(15)21/h4-11,16,21H,12H2,1-3H3,(H,19,22)/t16-/m0/s1. The molecule has 0 spiro atoms. The maximum Gasteiger partial charge on any atom is 0.255 e. The Balaban J connectivity index is 2.08. The van der Waals surface area contributed by atoms with Gasteiger partial charge in [0.15, 0.2) is 0 Å². The fourth-order valence-electron chi connectivity index (χ4n) is 2.37. The minimum absolute atomic E-state index is 0.0177. The Labute approximate surface area is 136 Å². The third-order valence-corrected chi connectivity index (χ3v) is 3.73. The van der Waals surface area contributed by atoms with E-state index in [1.807, 2.05) is 43.3 Å². The van der Waals surface area contributed by atoms with Gasteiger partial charge in [-0.05, 0) is 43.9 Å². The van der Waals surface area contributed by atoms with Gasteiger partial charge in [-0.15, -0.1) is 0 Å². The van der Waals surface area contributed by atoms with Crippen LogP contribution in [-0.2, 0) is 0 Å². The van der Waals surface area contributed by atoms with Crippen LogP contribution < -0.4 is 10.1 Å². The number of para-hydroxylation sites is 1. The van der Waals surface area contributed by atoms with Gasteiger partial charge in [0.1, 0.15) is 11.5 Å². The summed E-state index contributed by atoms with van der Waals surface area (Å²) in [5, 5.41) is 12.6. The van der Waals surface area contributed by atoms with Crippen molar-refractivity contribution < 1.29 is 14.6 Å². The SMILES string of the molecule is COc1ccc([C@H](CNC(=O)c2ccccc2O)N(C)C)cc1. The zero-order chi connectivity index (χ0) is 16.8. The van der Waals surface area contributed by atoms with E-state index in [9.17, 15) is 9.90 Å². The molecule has 0 bridgehead atoms. The summed E-state index contributed by atoms with van der Waals surface area (Å²) in [6, 6.07) is 14.3. The molecule has 0 aliphatic carbocycles. The second kappa shape index (κ2) is 7.65. The molecule has 2 rings (SSSR count). The van der Waals surface area contributed by atoms with E-state index in [2.05, 4.69) is 5.32 Å². The highest BCUT2D eigenvalue weighted by atomic mass is 16.5. The summed E-state index contributed by atoms with van der Waals surface area (Å²) in [4.78, 5) is 14.2. The number of likely N-dealkylation sites (N-methyl/N-ethyl adjacent to an activating group) is 1. The van der Waals surface area contributed by atoms with Crippen LogP contribution in [0.25, 0.3) is 0 Å². The van der Waals surface area contributed by atoms with E-state index in [0.29, 0.717) is 6.54 Å². The van der Waals surface area contributed by atoms with Crippen LogP contribution in [0, 0.1) is 0 Å². The van der Waals surface area contributed by atoms with E-state index < -0.39 is 0 Å². The van der Waals surface area contributed by atoms with E-state index >= 15 is 0 Å². The molecule has 23 heavy (non-hydrogen) atoms. The van der Waals surface area contributed by atoms with Gasteiger partial charge in [-0.2, -0.15) is 0 Å². The molecule has 0 fully saturated rings. The molecular weight excluding hydrogens is 292 g/mol. The Morgan fingerprint density at radius 1 is 1.17 bits per heavy atom. The van der Waals surface area contributed by atoms with Crippen LogP contribution in [0.5, 0.6) is 11.5 Å². The first-order valence-electron chi connectivity index (χ1n) is 7.39. The highest BCUT2D eigenvalue weighted by Gasteiger charge is 2.17. The number of nitrogens with zero attached hydrogens (tertiary/aromatic N) is 1. The number of phenolic OH excluding ortho intramolecular Hbond substituents is 1. The predicted octanol–water partition coefficient (Wildman–Crippen LogP) is 2.43. The first-order valence-corrected chi connectivity index (χ1v) is 7.39. The van der Waals surface area contributed by atoms with Crippen molar-refractivity contribution in [3.8, 4) is 11.5 Å². The number of hydrogen-bond acceptors (Lipinski definition) is 4. The van der Waals surface area contributed by atoms with Gasteiger partial charge in [0, 0.05) is 6.54 Å². The summed E-state index contributed by atoms with van der Waals surface area (Å²) >= 11 is 0. The molecule has 2 aromatic rings. The Bertz CT molecular complexity index is 654. The van der Waals surface area contributed by atoms with Crippen molar-refractivity contribution in [3.63, 3.8) is 0 Å². The zero-order valence-electron chi connectivity index (χ0n) is 13.6. The summed E-state index contributed by atoms with van der Waals surface area (Å²) in [6.07, 6.45) is 0. The third kappa shape index (κ3) is 4.23. The van der Waals surface area contributed by atoms with Crippen molar-refractivity contribution in [2.24, 2.45) is 0 Å². The first kappa shape index (κ1) is 16.8. The molecule has 2 N–H and O–H groups in total. The quantitative estimate of drug-likeness (QED) is 0.860. The summed E-state index contributed by atoms with van der Waals surface area (Å²) in [7, 11) is 5.55.